The molecule has 0 bridgehead atoms. The number of hydrogen-bond donors (Lipinski definition) is 2. The van der Waals surface area contributed by atoms with Gasteiger partial charge in [0.1, 0.15) is 0 Å². The fourth-order valence-electron chi connectivity index (χ4n) is 3.37. The normalized spacial score (nSPS) is 11.1. The molecule has 0 saturated heterocycles. The smallest absolute Gasteiger partial charge is 0.261 e. The Balaban J connectivity index is 1.42. The lowest BCUT2D eigenvalue weighted by Gasteiger charge is -2.12. The van der Waals surface area contributed by atoms with Gasteiger partial charge in [-0.3, -0.25) is 14.5 Å². The van der Waals surface area contributed by atoms with Gasteiger partial charge >= 0.3 is 0 Å². The van der Waals surface area contributed by atoms with Crippen LogP contribution in [0.2, 0.25) is 0 Å². The van der Waals surface area contributed by atoms with Gasteiger partial charge in [0.25, 0.3) is 15.9 Å². The van der Waals surface area contributed by atoms with Crippen LogP contribution in [0.5, 0.6) is 0 Å². The Morgan fingerprint density at radius 2 is 1.52 bits per heavy atom. The van der Waals surface area contributed by atoms with Crippen LogP contribution in [0.15, 0.2) is 102 Å². The molecule has 0 aliphatic rings. The van der Waals surface area contributed by atoms with E-state index in [0.717, 1.165) is 12.0 Å². The Kier molecular flexibility index (Phi) is 6.51. The van der Waals surface area contributed by atoms with Crippen molar-refractivity contribution in [2.24, 2.45) is 0 Å². The van der Waals surface area contributed by atoms with E-state index < -0.39 is 10.0 Å². The third-order valence-electron chi connectivity index (χ3n) is 5.16. The first-order valence-electron chi connectivity index (χ1n) is 10.4. The number of aryl methyl sites for hydroxylation is 1. The highest BCUT2D eigenvalue weighted by Crippen LogP contribution is 2.22. The fourth-order valence-corrected chi connectivity index (χ4v) is 4.52. The van der Waals surface area contributed by atoms with Crippen molar-refractivity contribution in [2.75, 3.05) is 10.0 Å². The highest BCUT2D eigenvalue weighted by Gasteiger charge is 2.16. The van der Waals surface area contributed by atoms with Gasteiger partial charge < -0.3 is 5.32 Å². The highest BCUT2D eigenvalue weighted by molar-refractivity contribution is 7.92. The average molecular weight is 458 g/mol. The topological polar surface area (TPSA) is 88.2 Å². The predicted molar refractivity (Wildman–Crippen MR) is 130 cm³/mol. The number of hydrogen-bond acceptors (Lipinski definition) is 4. The van der Waals surface area contributed by atoms with Crippen LogP contribution >= 0.6 is 0 Å². The first kappa shape index (κ1) is 22.2. The molecule has 33 heavy (non-hydrogen) atoms. The molecule has 0 fully saturated rings. The van der Waals surface area contributed by atoms with E-state index >= 15 is 0 Å². The van der Waals surface area contributed by atoms with Crippen LogP contribution in [-0.2, 0) is 16.4 Å². The molecule has 1 heterocycles. The van der Waals surface area contributed by atoms with Gasteiger partial charge in [-0.15, -0.1) is 0 Å². The van der Waals surface area contributed by atoms with E-state index in [4.69, 9.17) is 0 Å². The molecule has 7 heteroatoms. The van der Waals surface area contributed by atoms with E-state index in [9.17, 15) is 13.2 Å². The minimum Gasteiger partial charge on any atom is -0.322 e. The van der Waals surface area contributed by atoms with Crippen LogP contribution in [0.4, 0.5) is 11.4 Å². The van der Waals surface area contributed by atoms with Crippen molar-refractivity contribution in [3.63, 3.8) is 0 Å². The molecule has 1 aromatic heterocycles. The van der Waals surface area contributed by atoms with Crippen LogP contribution in [0.1, 0.15) is 27.0 Å². The Morgan fingerprint density at radius 1 is 0.848 bits per heavy atom. The molecule has 6 nitrogen and oxygen atoms in total. The van der Waals surface area contributed by atoms with Crippen molar-refractivity contribution in [2.45, 2.75) is 18.2 Å². The highest BCUT2D eigenvalue weighted by atomic mass is 32.2. The Labute approximate surface area is 193 Å². The summed E-state index contributed by atoms with van der Waals surface area (Å²) in [7, 11) is -3.70. The monoisotopic (exact) mass is 457 g/mol. The molecule has 0 saturated carbocycles. The predicted octanol–water partition coefficient (Wildman–Crippen LogP) is 5.03. The second-order valence-electron chi connectivity index (χ2n) is 7.63. The molecule has 0 atom stereocenters. The van der Waals surface area contributed by atoms with Crippen molar-refractivity contribution in [1.82, 2.24) is 4.98 Å². The quantitative estimate of drug-likeness (QED) is 0.407. The van der Waals surface area contributed by atoms with E-state index in [-0.39, 0.29) is 10.8 Å². The zero-order valence-corrected chi connectivity index (χ0v) is 18.8. The van der Waals surface area contributed by atoms with E-state index in [1.165, 1.54) is 17.7 Å². The molecule has 4 rings (SSSR count). The number of amides is 1. The average Bonchev–Trinajstić information content (AvgIpc) is 2.83. The molecule has 0 radical (unpaired) electrons. The molecule has 0 spiro atoms. The van der Waals surface area contributed by atoms with Gasteiger partial charge in [-0.1, -0.05) is 30.3 Å². The number of pyridine rings is 1. The van der Waals surface area contributed by atoms with Crippen molar-refractivity contribution in [3.05, 3.63) is 120 Å². The third kappa shape index (κ3) is 5.64. The largest absolute Gasteiger partial charge is 0.322 e. The number of nitrogens with zero attached hydrogens (tertiary/aromatic N) is 1. The molecule has 0 unspecified atom stereocenters. The second kappa shape index (κ2) is 9.67. The van der Waals surface area contributed by atoms with Crippen molar-refractivity contribution in [1.29, 1.82) is 0 Å². The molecule has 2 N–H and O–H groups in total. The molecule has 166 valence electrons. The van der Waals surface area contributed by atoms with Gasteiger partial charge in [0.2, 0.25) is 0 Å². The summed E-state index contributed by atoms with van der Waals surface area (Å²) < 4.78 is 27.7. The standard InChI is InChI=1S/C26H23N3O3S/c1-19-17-22(9-12-25(19)29-33(31,32)24-5-3-2-4-6-24)26(30)28-23-10-7-20(8-11-23)18-21-13-15-27-16-14-21/h2-17,29H,18H2,1H3,(H,28,30). The minimum atomic E-state index is -3.70. The number of rotatable bonds is 7. The lowest BCUT2D eigenvalue weighted by Crippen LogP contribution is -2.15. The van der Waals surface area contributed by atoms with Gasteiger partial charge in [-0.2, -0.15) is 0 Å². The zero-order chi connectivity index (χ0) is 23.3. The minimum absolute atomic E-state index is 0.179. The maximum atomic E-state index is 12.7. The van der Waals surface area contributed by atoms with Gasteiger partial charge in [-0.05, 0) is 84.6 Å². The Bertz CT molecular complexity index is 1360. The molecular weight excluding hydrogens is 434 g/mol. The number of benzene rings is 3. The third-order valence-corrected chi connectivity index (χ3v) is 6.54. The molecule has 1 amide bonds. The van der Waals surface area contributed by atoms with E-state index in [0.29, 0.717) is 22.5 Å². The number of aromatic nitrogens is 1. The van der Waals surface area contributed by atoms with Crippen molar-refractivity contribution < 1.29 is 13.2 Å². The number of carbonyl (C=O) groups is 1. The Hall–Kier alpha value is -3.97. The summed E-state index contributed by atoms with van der Waals surface area (Å²) in [4.78, 5) is 16.9. The van der Waals surface area contributed by atoms with E-state index in [2.05, 4.69) is 15.0 Å². The molecule has 3 aromatic carbocycles. The summed E-state index contributed by atoms with van der Waals surface area (Å²) in [5.74, 6) is -0.266. The maximum Gasteiger partial charge on any atom is 0.261 e. The van der Waals surface area contributed by atoms with E-state index in [1.807, 2.05) is 36.4 Å². The molecule has 0 aliphatic heterocycles. The lowest BCUT2D eigenvalue weighted by molar-refractivity contribution is 0.102. The number of anilines is 2. The molecular formula is C26H23N3O3S. The first-order valence-corrected chi connectivity index (χ1v) is 11.9. The van der Waals surface area contributed by atoms with Crippen LogP contribution in [0, 0.1) is 6.92 Å². The zero-order valence-electron chi connectivity index (χ0n) is 18.0. The van der Waals surface area contributed by atoms with Crippen LogP contribution < -0.4 is 10.0 Å². The summed E-state index contributed by atoms with van der Waals surface area (Å²) in [6.45, 7) is 1.76. The molecule has 4 aromatic rings. The van der Waals surface area contributed by atoms with Gasteiger partial charge in [0, 0.05) is 23.6 Å². The second-order valence-corrected chi connectivity index (χ2v) is 9.31. The first-order chi connectivity index (χ1) is 15.9. The lowest BCUT2D eigenvalue weighted by atomic mass is 10.1. The summed E-state index contributed by atoms with van der Waals surface area (Å²) >= 11 is 0. The number of sulfonamides is 1. The van der Waals surface area contributed by atoms with Gasteiger partial charge in [0.15, 0.2) is 0 Å². The fraction of sp³-hybridized carbons (Fsp3) is 0.0769. The summed E-state index contributed by atoms with van der Waals surface area (Å²) in [6.07, 6.45) is 4.32. The van der Waals surface area contributed by atoms with Crippen molar-refractivity contribution >= 4 is 27.3 Å². The van der Waals surface area contributed by atoms with Crippen molar-refractivity contribution in [3.8, 4) is 0 Å². The Morgan fingerprint density at radius 3 is 2.18 bits per heavy atom. The van der Waals surface area contributed by atoms with Gasteiger partial charge in [-0.25, -0.2) is 8.42 Å². The van der Waals surface area contributed by atoms with E-state index in [1.54, 1.807) is 55.7 Å². The summed E-state index contributed by atoms with van der Waals surface area (Å²) in [5, 5.41) is 2.88. The van der Waals surface area contributed by atoms with Crippen LogP contribution in [0.25, 0.3) is 0 Å². The summed E-state index contributed by atoms with van der Waals surface area (Å²) in [6, 6.07) is 24.6. The maximum absolute atomic E-state index is 12.7. The number of carbonyl (C=O) groups excluding carboxylic acids is 1. The van der Waals surface area contributed by atoms with Gasteiger partial charge in [0.05, 0.1) is 10.6 Å². The SMILES string of the molecule is Cc1cc(C(=O)Nc2ccc(Cc3ccncc3)cc2)ccc1NS(=O)(=O)c1ccccc1. The number of nitrogens with one attached hydrogen (secondary N) is 2. The van der Waals surface area contributed by atoms with Crippen LogP contribution in [-0.4, -0.2) is 19.3 Å². The van der Waals surface area contributed by atoms with Crippen LogP contribution in [0.3, 0.4) is 0 Å². The molecule has 0 aliphatic carbocycles. The summed E-state index contributed by atoms with van der Waals surface area (Å²) in [5.41, 5.74) is 4.50.